The zero-order valence-corrected chi connectivity index (χ0v) is 15.5. The van der Waals surface area contributed by atoms with Gasteiger partial charge in [-0.25, -0.2) is 0 Å². The number of fused-ring (bicyclic) bond motifs is 1. The molecule has 0 N–H and O–H groups in total. The average Bonchev–Trinajstić information content (AvgIpc) is 2.78. The van der Waals surface area contributed by atoms with E-state index in [-0.39, 0.29) is 18.4 Å². The van der Waals surface area contributed by atoms with Crippen LogP contribution in [-0.4, -0.2) is 42.5 Å². The molecule has 1 fully saturated rings. The summed E-state index contributed by atoms with van der Waals surface area (Å²) in [4.78, 5) is 29.6. The Bertz CT molecular complexity index is 944. The maximum absolute atomic E-state index is 13.2. The molecule has 2 aromatic carbocycles. The lowest BCUT2D eigenvalue weighted by atomic mass is 10.1. The summed E-state index contributed by atoms with van der Waals surface area (Å²) in [5, 5.41) is 9.13. The highest BCUT2D eigenvalue weighted by Crippen LogP contribution is 2.34. The van der Waals surface area contributed by atoms with Crippen LogP contribution in [0.4, 0.5) is 5.69 Å². The molecular formula is C22H21N3O3. The molecule has 6 nitrogen and oxygen atoms in total. The molecule has 2 heterocycles. The Balaban J connectivity index is 1.64. The van der Waals surface area contributed by atoms with E-state index in [9.17, 15) is 9.59 Å². The van der Waals surface area contributed by atoms with Gasteiger partial charge in [-0.15, -0.1) is 0 Å². The largest absolute Gasteiger partial charge is 0.476 e. The third-order valence-corrected chi connectivity index (χ3v) is 5.20. The Kier molecular flexibility index (Phi) is 4.98. The molecule has 28 heavy (non-hydrogen) atoms. The van der Waals surface area contributed by atoms with Crippen LogP contribution >= 0.6 is 0 Å². The lowest BCUT2D eigenvalue weighted by Crippen LogP contribution is -2.52. The number of likely N-dealkylation sites (tertiary alicyclic amines) is 1. The molecule has 0 bridgehead atoms. The van der Waals surface area contributed by atoms with Crippen LogP contribution in [0.5, 0.6) is 5.75 Å². The molecule has 0 unspecified atom stereocenters. The summed E-state index contributed by atoms with van der Waals surface area (Å²) in [6.07, 6.45) is 2.41. The van der Waals surface area contributed by atoms with Gasteiger partial charge in [-0.2, -0.15) is 5.26 Å². The second-order valence-electron chi connectivity index (χ2n) is 7.07. The fourth-order valence-electron chi connectivity index (χ4n) is 3.75. The van der Waals surface area contributed by atoms with E-state index in [1.54, 1.807) is 35.2 Å². The van der Waals surface area contributed by atoms with Crippen molar-refractivity contribution in [2.45, 2.75) is 25.4 Å². The molecule has 6 heteroatoms. The normalized spacial score (nSPS) is 18.6. The van der Waals surface area contributed by atoms with Crippen molar-refractivity contribution in [2.75, 3.05) is 24.5 Å². The van der Waals surface area contributed by atoms with Crippen LogP contribution in [0.25, 0.3) is 0 Å². The molecule has 142 valence electrons. The number of para-hydroxylation sites is 2. The number of piperidine rings is 1. The van der Waals surface area contributed by atoms with Crippen LogP contribution < -0.4 is 9.64 Å². The van der Waals surface area contributed by atoms with Crippen LogP contribution in [0.2, 0.25) is 0 Å². The van der Waals surface area contributed by atoms with E-state index < -0.39 is 6.10 Å². The van der Waals surface area contributed by atoms with E-state index in [2.05, 4.69) is 6.07 Å². The highest BCUT2D eigenvalue weighted by molar-refractivity contribution is 6.08. The Morgan fingerprint density at radius 2 is 1.82 bits per heavy atom. The van der Waals surface area contributed by atoms with Crippen LogP contribution in [0.1, 0.15) is 35.2 Å². The van der Waals surface area contributed by atoms with E-state index >= 15 is 0 Å². The van der Waals surface area contributed by atoms with Crippen LogP contribution in [0.15, 0.2) is 48.5 Å². The van der Waals surface area contributed by atoms with E-state index in [0.29, 0.717) is 22.6 Å². The first-order valence-electron chi connectivity index (χ1n) is 9.54. The Labute approximate surface area is 163 Å². The van der Waals surface area contributed by atoms with Crippen molar-refractivity contribution in [1.82, 2.24) is 4.90 Å². The number of nitriles is 1. The second kappa shape index (κ2) is 7.73. The minimum absolute atomic E-state index is 0.0715. The highest BCUT2D eigenvalue weighted by Gasteiger charge is 2.36. The Morgan fingerprint density at radius 1 is 1.04 bits per heavy atom. The molecule has 0 spiro atoms. The van der Waals surface area contributed by atoms with E-state index in [1.165, 1.54) is 0 Å². The number of amides is 2. The van der Waals surface area contributed by atoms with Crippen molar-refractivity contribution >= 4 is 17.5 Å². The van der Waals surface area contributed by atoms with E-state index in [4.69, 9.17) is 10.00 Å². The van der Waals surface area contributed by atoms with Gasteiger partial charge < -0.3 is 14.5 Å². The van der Waals surface area contributed by atoms with Crippen molar-refractivity contribution < 1.29 is 14.3 Å². The van der Waals surface area contributed by atoms with Gasteiger partial charge in [0.25, 0.3) is 11.8 Å². The summed E-state index contributed by atoms with van der Waals surface area (Å²) in [5.74, 6) is 0.205. The summed E-state index contributed by atoms with van der Waals surface area (Å²) in [5.41, 5.74) is 1.48. The molecular weight excluding hydrogens is 354 g/mol. The maximum Gasteiger partial charge on any atom is 0.265 e. The molecule has 0 aromatic heterocycles. The summed E-state index contributed by atoms with van der Waals surface area (Å²) in [6.45, 7) is 1.62. The van der Waals surface area contributed by atoms with Gasteiger partial charge in [0.15, 0.2) is 6.10 Å². The number of hydrogen-bond acceptors (Lipinski definition) is 4. The first-order valence-corrected chi connectivity index (χ1v) is 9.54. The average molecular weight is 375 g/mol. The molecule has 2 aliphatic rings. The van der Waals surface area contributed by atoms with Crippen molar-refractivity contribution in [3.8, 4) is 11.8 Å². The third-order valence-electron chi connectivity index (χ3n) is 5.20. The standard InChI is InChI=1S/C22H21N3O3/c23-14-16-7-6-8-17(13-16)21(26)25-15-20(22(27)24-11-4-1-5-12-24)28-19-10-3-2-9-18(19)25/h2-3,6-10,13,20H,1,4-5,11-12,15H2/t20-/m1/s1. The molecule has 4 rings (SSSR count). The van der Waals surface area contributed by atoms with Gasteiger partial charge in [-0.1, -0.05) is 18.2 Å². The van der Waals surface area contributed by atoms with Gasteiger partial charge in [0.2, 0.25) is 0 Å². The van der Waals surface area contributed by atoms with Crippen molar-refractivity contribution in [1.29, 1.82) is 5.26 Å². The minimum Gasteiger partial charge on any atom is -0.476 e. The number of anilines is 1. The summed E-state index contributed by atoms with van der Waals surface area (Å²) >= 11 is 0. The molecule has 0 radical (unpaired) electrons. The Morgan fingerprint density at radius 3 is 2.61 bits per heavy atom. The number of carbonyl (C=O) groups excluding carboxylic acids is 2. The van der Waals surface area contributed by atoms with Gasteiger partial charge in [0.1, 0.15) is 5.75 Å². The molecule has 0 saturated carbocycles. The lowest BCUT2D eigenvalue weighted by Gasteiger charge is -2.37. The van der Waals surface area contributed by atoms with Gasteiger partial charge in [-0.05, 0) is 49.6 Å². The smallest absolute Gasteiger partial charge is 0.265 e. The number of ether oxygens (including phenoxy) is 1. The summed E-state index contributed by atoms with van der Waals surface area (Å²) in [6, 6.07) is 15.9. The second-order valence-corrected chi connectivity index (χ2v) is 7.07. The predicted molar refractivity (Wildman–Crippen MR) is 104 cm³/mol. The summed E-state index contributed by atoms with van der Waals surface area (Å²) < 4.78 is 5.97. The minimum atomic E-state index is -0.726. The predicted octanol–water partition coefficient (Wildman–Crippen LogP) is 2.98. The van der Waals surface area contributed by atoms with Gasteiger partial charge in [0, 0.05) is 18.7 Å². The zero-order chi connectivity index (χ0) is 19.5. The fraction of sp³-hybridized carbons (Fsp3) is 0.318. The van der Waals surface area contributed by atoms with Gasteiger partial charge in [0.05, 0.1) is 23.9 Å². The maximum atomic E-state index is 13.2. The summed E-state index contributed by atoms with van der Waals surface area (Å²) in [7, 11) is 0. The van der Waals surface area contributed by atoms with E-state index in [0.717, 1.165) is 32.4 Å². The number of benzene rings is 2. The topological polar surface area (TPSA) is 73.6 Å². The first kappa shape index (κ1) is 18.1. The van der Waals surface area contributed by atoms with Crippen molar-refractivity contribution in [2.24, 2.45) is 0 Å². The monoisotopic (exact) mass is 375 g/mol. The highest BCUT2D eigenvalue weighted by atomic mass is 16.5. The van der Waals surface area contributed by atoms with Crippen molar-refractivity contribution in [3.05, 3.63) is 59.7 Å². The van der Waals surface area contributed by atoms with Gasteiger partial charge in [-0.3, -0.25) is 9.59 Å². The molecule has 1 saturated heterocycles. The number of nitrogens with zero attached hydrogens (tertiary/aromatic N) is 3. The van der Waals surface area contributed by atoms with Crippen LogP contribution in [-0.2, 0) is 4.79 Å². The van der Waals surface area contributed by atoms with Gasteiger partial charge >= 0.3 is 0 Å². The zero-order valence-electron chi connectivity index (χ0n) is 15.5. The third kappa shape index (κ3) is 3.44. The quantitative estimate of drug-likeness (QED) is 0.809. The van der Waals surface area contributed by atoms with E-state index in [1.807, 2.05) is 23.1 Å². The van der Waals surface area contributed by atoms with Crippen LogP contribution in [0.3, 0.4) is 0 Å². The number of carbonyl (C=O) groups is 2. The van der Waals surface area contributed by atoms with Crippen molar-refractivity contribution in [3.63, 3.8) is 0 Å². The molecule has 0 aliphatic carbocycles. The van der Waals surface area contributed by atoms with Crippen LogP contribution in [0, 0.1) is 11.3 Å². The molecule has 2 amide bonds. The molecule has 1 atom stereocenters. The fourth-order valence-corrected chi connectivity index (χ4v) is 3.75. The number of hydrogen-bond donors (Lipinski definition) is 0. The SMILES string of the molecule is N#Cc1cccc(C(=O)N2C[C@H](C(=O)N3CCCCC3)Oc3ccccc32)c1. The first-order chi connectivity index (χ1) is 13.7. The Hall–Kier alpha value is -3.33. The lowest BCUT2D eigenvalue weighted by molar-refractivity contribution is -0.139. The number of rotatable bonds is 2. The molecule has 2 aliphatic heterocycles. The molecule has 2 aromatic rings.